The first-order valence-corrected chi connectivity index (χ1v) is 29.0. The number of fused-ring (bicyclic) bond motifs is 6. The molecule has 4 atom stereocenters. The molecule has 4 unspecified atom stereocenters. The van der Waals surface area contributed by atoms with Gasteiger partial charge in [0.25, 0.3) is 0 Å². The highest BCUT2D eigenvalue weighted by Gasteiger charge is 2.41. The van der Waals surface area contributed by atoms with E-state index in [1.807, 2.05) is 30.3 Å². The quantitative estimate of drug-likeness (QED) is 0.0403. The number of benzene rings is 2. The normalized spacial score (nSPS) is 19.1. The molecule has 0 bridgehead atoms. The molecule has 4 aromatic heterocycles. The number of azide groups is 2. The Morgan fingerprint density at radius 3 is 1.69 bits per heavy atom. The molecule has 2 amide bonds. The zero-order valence-corrected chi connectivity index (χ0v) is 51.0. The van der Waals surface area contributed by atoms with Gasteiger partial charge in [0.15, 0.2) is 11.4 Å². The van der Waals surface area contributed by atoms with Crippen LogP contribution in [0.25, 0.3) is 42.7 Å². The van der Waals surface area contributed by atoms with Crippen molar-refractivity contribution in [1.29, 1.82) is 0 Å². The van der Waals surface area contributed by atoms with Crippen molar-refractivity contribution in [1.82, 2.24) is 40.0 Å². The number of carbonyl (C=O) groups is 3. The predicted octanol–water partition coefficient (Wildman–Crippen LogP) is 14.4. The lowest BCUT2D eigenvalue weighted by Crippen LogP contribution is -2.60. The number of ether oxygens (including phenoxy) is 2. The maximum absolute atomic E-state index is 13.7. The van der Waals surface area contributed by atoms with E-state index in [2.05, 4.69) is 50.2 Å². The van der Waals surface area contributed by atoms with Crippen LogP contribution in [0.4, 0.5) is 47.6 Å². The van der Waals surface area contributed by atoms with E-state index in [4.69, 9.17) is 66.9 Å². The first kappa shape index (κ1) is 65.9. The average molecular weight is 1300 g/mol. The predicted molar refractivity (Wildman–Crippen MR) is 324 cm³/mol. The molecule has 0 radical (unpaired) electrons. The largest absolute Gasteiger partial charge is 0.444 e. The van der Waals surface area contributed by atoms with Crippen molar-refractivity contribution in [3.8, 4) is 0 Å². The fraction of sp³-hybridized carbons (Fsp3) is 0.482. The number of pyridine rings is 2. The number of aromatic nitrogens is 4. The van der Waals surface area contributed by atoms with Gasteiger partial charge in [-0.3, -0.25) is 4.90 Å². The minimum Gasteiger partial charge on any atom is -0.444 e. The van der Waals surface area contributed by atoms with E-state index in [9.17, 15) is 40.7 Å². The van der Waals surface area contributed by atoms with Gasteiger partial charge in [0.2, 0.25) is 0 Å². The highest BCUT2D eigenvalue weighted by Crippen LogP contribution is 2.40. The van der Waals surface area contributed by atoms with Crippen molar-refractivity contribution in [2.24, 2.45) is 10.2 Å². The Balaban J connectivity index is 0.000000233. The third-order valence-electron chi connectivity index (χ3n) is 14.6. The molecule has 0 aliphatic carbocycles. The average Bonchev–Trinajstić information content (AvgIpc) is 2.04. The molecule has 87 heavy (non-hydrogen) atoms. The molecule has 10 rings (SSSR count). The number of hydrogen-bond acceptors (Lipinski definition) is 13. The second-order valence-corrected chi connectivity index (χ2v) is 24.5. The number of nitrogens with zero attached hydrogens (tertiary/aromatic N) is 13. The summed E-state index contributed by atoms with van der Waals surface area (Å²) < 4.78 is 91.0. The number of piperazine rings is 2. The highest BCUT2D eigenvalue weighted by molar-refractivity contribution is 6.32. The highest BCUT2D eigenvalue weighted by atomic mass is 35.5. The van der Waals surface area contributed by atoms with Gasteiger partial charge in [-0.05, 0) is 144 Å². The topological polar surface area (TPSA) is 253 Å². The van der Waals surface area contributed by atoms with E-state index in [0.717, 1.165) is 57.4 Å². The van der Waals surface area contributed by atoms with E-state index < -0.39 is 69.3 Å². The monoisotopic (exact) mass is 1300 g/mol. The summed E-state index contributed by atoms with van der Waals surface area (Å²) in [7, 11) is 0. The Morgan fingerprint density at radius 1 is 0.678 bits per heavy atom. The molecular formula is C56H66Cl4F6N16O5. The van der Waals surface area contributed by atoms with Gasteiger partial charge in [0.1, 0.15) is 35.2 Å². The Hall–Kier alpha value is -7.09. The summed E-state index contributed by atoms with van der Waals surface area (Å²) in [6, 6.07) is 14.9. The number of halogens is 10. The number of H-pyrrole nitrogens is 2. The van der Waals surface area contributed by atoms with Crippen LogP contribution in [0.15, 0.2) is 70.9 Å². The smallest absolute Gasteiger partial charge is 0.434 e. The van der Waals surface area contributed by atoms with Gasteiger partial charge in [-0.2, -0.15) is 26.3 Å². The maximum Gasteiger partial charge on any atom is 0.434 e. The van der Waals surface area contributed by atoms with Crippen LogP contribution in [-0.4, -0.2) is 148 Å². The van der Waals surface area contributed by atoms with Gasteiger partial charge in [0.05, 0.1) is 34.7 Å². The van der Waals surface area contributed by atoms with E-state index in [-0.39, 0.29) is 72.4 Å². The van der Waals surface area contributed by atoms with Gasteiger partial charge in [-0.1, -0.05) is 56.6 Å². The summed E-state index contributed by atoms with van der Waals surface area (Å²) in [6.45, 7) is 13.8. The van der Waals surface area contributed by atoms with E-state index in [1.54, 1.807) is 57.4 Å². The van der Waals surface area contributed by atoms with Crippen molar-refractivity contribution in [3.63, 3.8) is 0 Å². The SMILES string of the molecule is CC(C)(C)OC(=O)N1CCN(c2ccc(Cl)c(C(F)(F)F)n2)C(C=O)C1.CC(C)(C)OC(=O)N1CCN(c2ccc(Cl)c(C(F)(F)F)n2)C(CN2CCc3c([nH]c4ccc(Cl)cc34)C2CN=[N+]=[N-])C1.[HH].[HH].[N-]=[N+]=NCC1NCCc2c1[nH]c1ccc(Cl)cc21. The van der Waals surface area contributed by atoms with Crippen LogP contribution in [-0.2, 0) is 39.5 Å². The molecule has 4 aliphatic heterocycles. The molecule has 8 heterocycles. The van der Waals surface area contributed by atoms with Crippen molar-refractivity contribution < 1.29 is 53.1 Å². The van der Waals surface area contributed by atoms with Crippen LogP contribution in [0.2, 0.25) is 20.1 Å². The molecule has 0 saturated carbocycles. The Labute approximate surface area is 518 Å². The minimum atomic E-state index is -4.73. The number of alkyl halides is 6. The molecule has 0 spiro atoms. The molecule has 3 N–H and O–H groups in total. The van der Waals surface area contributed by atoms with Crippen LogP contribution in [0.1, 0.15) is 90.4 Å². The van der Waals surface area contributed by atoms with Crippen molar-refractivity contribution >= 4 is 98.3 Å². The van der Waals surface area contributed by atoms with Crippen LogP contribution < -0.4 is 15.1 Å². The van der Waals surface area contributed by atoms with E-state index >= 15 is 0 Å². The Bertz CT molecular complexity index is 3610. The van der Waals surface area contributed by atoms with Crippen LogP contribution in [0, 0.1) is 0 Å². The first-order chi connectivity index (χ1) is 41.0. The standard InChI is InChI=1S/C28H31Cl2F3N8O2.C16H19ClF3N3O3.C12H12ClN5.2H2/c1-27(2,3)43-26(42)40-10-11-41(23-7-5-20(30)25(37-23)28(31,32)33)17(15-40)14-39-9-8-18-19-12-16(29)4-6-21(19)36-24(18)22(39)13-35-38-34;1-15(2,3)26-14(25)22-6-7-23(10(8-22)9-24)12-5-4-11(17)13(21-12)16(18,19)20;13-7-1-2-10-9(5-7)8-3-4-15-11(6-16-18-14)12(8)17-10;;/h4-7,12,17,22,36H,8-11,13-15H2,1-3H3;4-5,9-10H,6-8H2,1-3H3;1-2,5,11,15,17H,3-4,6H2;2*1H. The Kier molecular flexibility index (Phi) is 20.5. The molecule has 2 aromatic carbocycles. The summed E-state index contributed by atoms with van der Waals surface area (Å²) in [5.41, 5.74) is 20.2. The lowest BCUT2D eigenvalue weighted by molar-refractivity contribution is -0.141. The van der Waals surface area contributed by atoms with Gasteiger partial charge in [-0.25, -0.2) is 19.6 Å². The van der Waals surface area contributed by atoms with Crippen LogP contribution in [0.5, 0.6) is 0 Å². The summed E-state index contributed by atoms with van der Waals surface area (Å²) in [5.74, 6) is 0.0813. The zero-order chi connectivity index (χ0) is 63.3. The number of carbonyl (C=O) groups excluding carboxylic acids is 3. The summed E-state index contributed by atoms with van der Waals surface area (Å²) in [6.07, 6.45) is -8.32. The number of amides is 2. The van der Waals surface area contributed by atoms with Crippen LogP contribution >= 0.6 is 46.4 Å². The molecule has 2 fully saturated rings. The molecule has 2 saturated heterocycles. The van der Waals surface area contributed by atoms with Crippen LogP contribution in [0.3, 0.4) is 0 Å². The summed E-state index contributed by atoms with van der Waals surface area (Å²) in [5, 5.41) is 13.4. The zero-order valence-electron chi connectivity index (χ0n) is 48.0. The third kappa shape index (κ3) is 16.2. The van der Waals surface area contributed by atoms with Gasteiger partial charge < -0.3 is 49.2 Å². The lowest BCUT2D eigenvalue weighted by Gasteiger charge is -2.46. The molecule has 4 aliphatic rings. The number of aldehydes is 1. The number of nitrogens with one attached hydrogen (secondary N) is 3. The van der Waals surface area contributed by atoms with E-state index in [0.29, 0.717) is 37.4 Å². The first-order valence-electron chi connectivity index (χ1n) is 27.5. The van der Waals surface area contributed by atoms with Gasteiger partial charge >= 0.3 is 24.5 Å². The minimum absolute atomic E-state index is 0. The number of rotatable bonds is 9. The van der Waals surface area contributed by atoms with Crippen molar-refractivity contribution in [2.45, 2.75) is 102 Å². The summed E-state index contributed by atoms with van der Waals surface area (Å²) >= 11 is 23.8. The molecule has 6 aromatic rings. The fourth-order valence-electron chi connectivity index (χ4n) is 10.8. The second-order valence-electron chi connectivity index (χ2n) is 22.9. The van der Waals surface area contributed by atoms with Gasteiger partial charge in [0, 0.05) is 115 Å². The molecular weight excluding hydrogens is 1230 g/mol. The maximum atomic E-state index is 13.7. The molecule has 21 nitrogen and oxygen atoms in total. The van der Waals surface area contributed by atoms with E-state index in [1.165, 1.54) is 38.9 Å². The lowest BCUT2D eigenvalue weighted by atomic mass is 9.96. The number of anilines is 2. The Morgan fingerprint density at radius 2 is 1.17 bits per heavy atom. The van der Waals surface area contributed by atoms with Crippen molar-refractivity contribution in [2.75, 3.05) is 81.8 Å². The molecule has 470 valence electrons. The third-order valence-corrected chi connectivity index (χ3v) is 15.7. The van der Waals surface area contributed by atoms with Crippen molar-refractivity contribution in [3.05, 3.63) is 136 Å². The second kappa shape index (κ2) is 27.1. The fourth-order valence-corrected chi connectivity index (χ4v) is 11.6. The molecule has 31 heteroatoms. The number of hydrogen-bond donors (Lipinski definition) is 3. The summed E-state index contributed by atoms with van der Waals surface area (Å²) in [4.78, 5) is 65.0. The van der Waals surface area contributed by atoms with Gasteiger partial charge in [-0.15, -0.1) is 0 Å². The number of aromatic amines is 2.